The zero-order chi connectivity index (χ0) is 24.1. The molecule has 1 fully saturated rings. The van der Waals surface area contributed by atoms with E-state index in [1.54, 1.807) is 25.2 Å². The highest BCUT2D eigenvalue weighted by Crippen LogP contribution is 2.27. The standard InChI is InChI=1S/C27H29N3O4/c1-19-6-4-7-21(14-19)26(31)28-22-8-10-23(11-9-22)30-13-5-12-29(27(30)32)18-20-15-24(33-2)17-25(16-20)34-3/h4,6-11,14-17H,5,12-13,18H2,1-3H3,(H,28,31). The van der Waals surface area contributed by atoms with Gasteiger partial charge in [0, 0.05) is 42.6 Å². The highest BCUT2D eigenvalue weighted by molar-refractivity contribution is 6.04. The predicted octanol–water partition coefficient (Wildman–Crippen LogP) is 5.10. The van der Waals surface area contributed by atoms with Crippen molar-refractivity contribution >= 4 is 23.3 Å². The number of anilines is 2. The van der Waals surface area contributed by atoms with Gasteiger partial charge in [-0.1, -0.05) is 17.7 Å². The lowest BCUT2D eigenvalue weighted by molar-refractivity contribution is 0.102. The molecule has 1 aliphatic rings. The number of nitrogens with zero attached hydrogens (tertiary/aromatic N) is 2. The minimum Gasteiger partial charge on any atom is -0.497 e. The summed E-state index contributed by atoms with van der Waals surface area (Å²) in [5, 5.41) is 2.91. The summed E-state index contributed by atoms with van der Waals surface area (Å²) in [5.74, 6) is 1.23. The van der Waals surface area contributed by atoms with E-state index in [2.05, 4.69) is 5.32 Å². The van der Waals surface area contributed by atoms with Crippen LogP contribution in [0.4, 0.5) is 16.2 Å². The molecular formula is C27H29N3O4. The van der Waals surface area contributed by atoms with Crippen LogP contribution in [-0.4, -0.2) is 44.1 Å². The van der Waals surface area contributed by atoms with Crippen LogP contribution in [0, 0.1) is 6.92 Å². The molecule has 176 valence electrons. The summed E-state index contributed by atoms with van der Waals surface area (Å²) in [6.45, 7) is 3.74. The van der Waals surface area contributed by atoms with Gasteiger partial charge in [0.1, 0.15) is 11.5 Å². The predicted molar refractivity (Wildman–Crippen MR) is 133 cm³/mol. The summed E-state index contributed by atoms with van der Waals surface area (Å²) < 4.78 is 10.7. The monoisotopic (exact) mass is 459 g/mol. The van der Waals surface area contributed by atoms with E-state index in [1.807, 2.05) is 72.5 Å². The third-order valence-electron chi connectivity index (χ3n) is 5.81. The Morgan fingerprint density at radius 3 is 2.29 bits per heavy atom. The van der Waals surface area contributed by atoms with Crippen molar-refractivity contribution in [2.24, 2.45) is 0 Å². The normalized spacial score (nSPS) is 13.6. The third-order valence-corrected chi connectivity index (χ3v) is 5.81. The Morgan fingerprint density at radius 1 is 0.941 bits per heavy atom. The van der Waals surface area contributed by atoms with Gasteiger partial charge in [-0.05, 0) is 67.4 Å². The zero-order valence-electron chi connectivity index (χ0n) is 19.7. The van der Waals surface area contributed by atoms with E-state index in [0.717, 1.165) is 23.2 Å². The molecule has 0 spiro atoms. The SMILES string of the molecule is COc1cc(CN2CCCN(c3ccc(NC(=O)c4cccc(C)c4)cc3)C2=O)cc(OC)c1. The average Bonchev–Trinajstić information content (AvgIpc) is 2.85. The van der Waals surface area contributed by atoms with E-state index in [0.29, 0.717) is 42.4 Å². The first kappa shape index (κ1) is 23.2. The fourth-order valence-electron chi connectivity index (χ4n) is 4.06. The lowest BCUT2D eigenvalue weighted by Crippen LogP contribution is -2.49. The number of rotatable bonds is 7. The molecule has 0 unspecified atom stereocenters. The molecule has 0 radical (unpaired) electrons. The van der Waals surface area contributed by atoms with Crippen molar-refractivity contribution in [3.05, 3.63) is 83.4 Å². The molecule has 3 aromatic rings. The Morgan fingerprint density at radius 2 is 1.65 bits per heavy atom. The maximum atomic E-state index is 13.2. The van der Waals surface area contributed by atoms with Crippen LogP contribution >= 0.6 is 0 Å². The summed E-state index contributed by atoms with van der Waals surface area (Å²) in [4.78, 5) is 29.3. The first-order valence-electron chi connectivity index (χ1n) is 11.2. The Labute approximate surface area is 199 Å². The molecule has 1 heterocycles. The van der Waals surface area contributed by atoms with Crippen LogP contribution < -0.4 is 19.7 Å². The van der Waals surface area contributed by atoms with E-state index in [9.17, 15) is 9.59 Å². The second-order valence-electron chi connectivity index (χ2n) is 8.30. The molecule has 0 aliphatic carbocycles. The van der Waals surface area contributed by atoms with Gasteiger partial charge in [-0.25, -0.2) is 4.79 Å². The molecule has 1 saturated heterocycles. The number of methoxy groups -OCH3 is 2. The van der Waals surface area contributed by atoms with E-state index in [-0.39, 0.29) is 11.9 Å². The third kappa shape index (κ3) is 5.31. The molecule has 0 saturated carbocycles. The average molecular weight is 460 g/mol. The quantitative estimate of drug-likeness (QED) is 0.534. The first-order chi connectivity index (χ1) is 16.5. The number of amides is 3. The minimum atomic E-state index is -0.162. The fourth-order valence-corrected chi connectivity index (χ4v) is 4.06. The number of nitrogens with one attached hydrogen (secondary N) is 1. The van der Waals surface area contributed by atoms with Crippen molar-refractivity contribution in [2.75, 3.05) is 37.5 Å². The van der Waals surface area contributed by atoms with Crippen LogP contribution in [0.5, 0.6) is 11.5 Å². The first-order valence-corrected chi connectivity index (χ1v) is 11.2. The van der Waals surface area contributed by atoms with Crippen molar-refractivity contribution in [3.8, 4) is 11.5 Å². The van der Waals surface area contributed by atoms with Gasteiger partial charge in [0.15, 0.2) is 0 Å². The molecule has 3 amide bonds. The van der Waals surface area contributed by atoms with Gasteiger partial charge < -0.3 is 19.7 Å². The minimum absolute atomic E-state index is 0.0513. The molecule has 0 bridgehead atoms. The largest absolute Gasteiger partial charge is 0.497 e. The Balaban J connectivity index is 1.44. The zero-order valence-corrected chi connectivity index (χ0v) is 19.7. The van der Waals surface area contributed by atoms with Gasteiger partial charge in [0.25, 0.3) is 5.91 Å². The number of ether oxygens (including phenoxy) is 2. The van der Waals surface area contributed by atoms with Gasteiger partial charge in [-0.3, -0.25) is 9.69 Å². The molecule has 7 nitrogen and oxygen atoms in total. The van der Waals surface area contributed by atoms with Crippen LogP contribution in [0.1, 0.15) is 27.9 Å². The second-order valence-corrected chi connectivity index (χ2v) is 8.30. The van der Waals surface area contributed by atoms with E-state index < -0.39 is 0 Å². The molecule has 1 aliphatic heterocycles. The summed E-state index contributed by atoms with van der Waals surface area (Å²) in [6.07, 6.45) is 0.860. The molecule has 4 rings (SSSR count). The molecule has 7 heteroatoms. The lowest BCUT2D eigenvalue weighted by atomic mass is 10.1. The summed E-state index contributed by atoms with van der Waals surface area (Å²) in [7, 11) is 3.22. The summed E-state index contributed by atoms with van der Waals surface area (Å²) in [5.41, 5.74) is 4.07. The van der Waals surface area contributed by atoms with E-state index >= 15 is 0 Å². The van der Waals surface area contributed by atoms with Gasteiger partial charge in [-0.2, -0.15) is 0 Å². The van der Waals surface area contributed by atoms with E-state index in [1.165, 1.54) is 0 Å². The van der Waals surface area contributed by atoms with Crippen LogP contribution in [0.2, 0.25) is 0 Å². The molecule has 3 aromatic carbocycles. The number of hydrogen-bond acceptors (Lipinski definition) is 4. The van der Waals surface area contributed by atoms with Crippen LogP contribution in [0.3, 0.4) is 0 Å². The van der Waals surface area contributed by atoms with Gasteiger partial charge in [-0.15, -0.1) is 0 Å². The van der Waals surface area contributed by atoms with Crippen molar-refractivity contribution in [1.82, 2.24) is 4.90 Å². The highest BCUT2D eigenvalue weighted by Gasteiger charge is 2.27. The smallest absolute Gasteiger partial charge is 0.324 e. The maximum Gasteiger partial charge on any atom is 0.324 e. The molecular weight excluding hydrogens is 430 g/mol. The highest BCUT2D eigenvalue weighted by atomic mass is 16.5. The van der Waals surface area contributed by atoms with Crippen molar-refractivity contribution in [1.29, 1.82) is 0 Å². The Kier molecular flexibility index (Phi) is 7.01. The van der Waals surface area contributed by atoms with Crippen LogP contribution in [0.15, 0.2) is 66.7 Å². The lowest BCUT2D eigenvalue weighted by Gasteiger charge is -2.35. The van der Waals surface area contributed by atoms with Crippen molar-refractivity contribution in [2.45, 2.75) is 19.9 Å². The van der Waals surface area contributed by atoms with Crippen molar-refractivity contribution < 1.29 is 19.1 Å². The number of carbonyl (C=O) groups excluding carboxylic acids is 2. The van der Waals surface area contributed by atoms with Crippen LogP contribution in [-0.2, 0) is 6.54 Å². The van der Waals surface area contributed by atoms with Gasteiger partial charge in [0.2, 0.25) is 0 Å². The summed E-state index contributed by atoms with van der Waals surface area (Å²) >= 11 is 0. The number of urea groups is 1. The van der Waals surface area contributed by atoms with Crippen molar-refractivity contribution in [3.63, 3.8) is 0 Å². The number of aryl methyl sites for hydroxylation is 1. The maximum absolute atomic E-state index is 13.2. The number of hydrogen-bond donors (Lipinski definition) is 1. The Hall–Kier alpha value is -4.00. The Bertz CT molecular complexity index is 1150. The molecule has 1 N–H and O–H groups in total. The van der Waals surface area contributed by atoms with Gasteiger partial charge >= 0.3 is 6.03 Å². The second kappa shape index (κ2) is 10.3. The fraction of sp³-hybridized carbons (Fsp3) is 0.259. The molecule has 0 atom stereocenters. The number of benzene rings is 3. The van der Waals surface area contributed by atoms with Gasteiger partial charge in [0.05, 0.1) is 14.2 Å². The van der Waals surface area contributed by atoms with E-state index in [4.69, 9.17) is 9.47 Å². The molecule has 0 aromatic heterocycles. The van der Waals surface area contributed by atoms with Crippen LogP contribution in [0.25, 0.3) is 0 Å². The topological polar surface area (TPSA) is 71.1 Å². The number of carbonyl (C=O) groups is 2. The molecule has 34 heavy (non-hydrogen) atoms. The summed E-state index contributed by atoms with van der Waals surface area (Å²) in [6, 6.07) is 20.4.